The van der Waals surface area contributed by atoms with E-state index < -0.39 is 22.0 Å². The van der Waals surface area contributed by atoms with Crippen molar-refractivity contribution < 1.29 is 17.2 Å². The zero-order valence-electron chi connectivity index (χ0n) is 19.4. The molecule has 1 saturated heterocycles. The minimum absolute atomic E-state index is 0.130. The third-order valence-electron chi connectivity index (χ3n) is 6.80. The van der Waals surface area contributed by atoms with Gasteiger partial charge >= 0.3 is 0 Å². The number of alkyl halides is 2. The first-order valence-corrected chi connectivity index (χ1v) is 13.6. The predicted octanol–water partition coefficient (Wildman–Crippen LogP) is 3.66. The summed E-state index contributed by atoms with van der Waals surface area (Å²) in [6, 6.07) is 5.81. The Morgan fingerprint density at radius 2 is 1.88 bits per heavy atom. The number of pyridine rings is 1. The lowest BCUT2D eigenvalue weighted by Gasteiger charge is -2.38. The molecule has 5 rings (SSSR count). The lowest BCUT2D eigenvalue weighted by atomic mass is 10.1. The molecule has 0 radical (unpaired) electrons. The molecule has 0 bridgehead atoms. The van der Waals surface area contributed by atoms with E-state index >= 15 is 0 Å². The number of nitrogens with zero attached hydrogens (tertiary/aromatic N) is 4. The van der Waals surface area contributed by atoms with Gasteiger partial charge in [-0.2, -0.15) is 0 Å². The molecule has 12 heteroatoms. The summed E-state index contributed by atoms with van der Waals surface area (Å²) in [5.74, 6) is 0.261. The van der Waals surface area contributed by atoms with Gasteiger partial charge < -0.3 is 14.6 Å². The number of fused-ring (bicyclic) bond motifs is 1. The van der Waals surface area contributed by atoms with Crippen LogP contribution in [0.5, 0.6) is 0 Å². The molecule has 2 unspecified atom stereocenters. The van der Waals surface area contributed by atoms with Crippen molar-refractivity contribution >= 4 is 32.6 Å². The molecule has 4 heterocycles. The van der Waals surface area contributed by atoms with E-state index in [2.05, 4.69) is 39.0 Å². The van der Waals surface area contributed by atoms with Gasteiger partial charge in [0.25, 0.3) is 6.43 Å². The van der Waals surface area contributed by atoms with Crippen LogP contribution in [0.4, 0.5) is 14.5 Å². The van der Waals surface area contributed by atoms with Gasteiger partial charge in [-0.15, -0.1) is 10.2 Å². The summed E-state index contributed by atoms with van der Waals surface area (Å²) in [5, 5.41) is 11.0. The minimum Gasteiger partial charge on any atom is -0.367 e. The summed E-state index contributed by atoms with van der Waals surface area (Å²) >= 11 is 0.808. The molecule has 2 fully saturated rings. The standard InChI is InChI=1S/C22H28F2N6O2S2/c1-12-8-22(12,4)28-34(31,32)15-7-18(29-9-13(2)25-14(3)10-29)16-5-6-17(30(16)11-15)20-26-27-21(33-20)19(23)24/h5-7,11-14,19,25,28H,8-10H2,1-4H3/t12?,13-,14-,22?/m0/s1. The van der Waals surface area contributed by atoms with Crippen LogP contribution in [0.15, 0.2) is 29.3 Å². The molecule has 184 valence electrons. The third kappa shape index (κ3) is 4.21. The molecular weight excluding hydrogens is 482 g/mol. The fraction of sp³-hybridized carbons (Fsp3) is 0.545. The molecule has 34 heavy (non-hydrogen) atoms. The van der Waals surface area contributed by atoms with Gasteiger partial charge in [-0.05, 0) is 51.3 Å². The van der Waals surface area contributed by atoms with E-state index in [1.54, 1.807) is 22.7 Å². The zero-order valence-corrected chi connectivity index (χ0v) is 21.1. The lowest BCUT2D eigenvalue weighted by Crippen LogP contribution is -2.54. The Morgan fingerprint density at radius 1 is 1.21 bits per heavy atom. The highest BCUT2D eigenvalue weighted by molar-refractivity contribution is 7.89. The number of rotatable bonds is 6. The smallest absolute Gasteiger partial charge is 0.291 e. The lowest BCUT2D eigenvalue weighted by molar-refractivity contribution is 0.150. The molecule has 3 aromatic rings. The van der Waals surface area contributed by atoms with Crippen LogP contribution in [0, 0.1) is 5.92 Å². The summed E-state index contributed by atoms with van der Waals surface area (Å²) < 4.78 is 57.7. The highest BCUT2D eigenvalue weighted by Gasteiger charge is 2.49. The Kier molecular flexibility index (Phi) is 5.70. The summed E-state index contributed by atoms with van der Waals surface area (Å²) in [5.41, 5.74) is 1.63. The second-order valence-electron chi connectivity index (χ2n) is 9.78. The molecule has 0 spiro atoms. The fourth-order valence-corrected chi connectivity index (χ4v) is 7.03. The minimum atomic E-state index is -3.82. The summed E-state index contributed by atoms with van der Waals surface area (Å²) in [6.45, 7) is 9.52. The van der Waals surface area contributed by atoms with Crippen molar-refractivity contribution in [3.8, 4) is 10.7 Å². The first-order chi connectivity index (χ1) is 16.0. The maximum Gasteiger partial charge on any atom is 0.291 e. The van der Waals surface area contributed by atoms with Gasteiger partial charge in [0.2, 0.25) is 10.0 Å². The van der Waals surface area contributed by atoms with E-state index in [1.807, 2.05) is 19.9 Å². The van der Waals surface area contributed by atoms with Crippen molar-refractivity contribution in [3.63, 3.8) is 0 Å². The summed E-state index contributed by atoms with van der Waals surface area (Å²) in [6.07, 6.45) is -0.381. The molecule has 1 saturated carbocycles. The van der Waals surface area contributed by atoms with Gasteiger partial charge in [-0.3, -0.25) is 0 Å². The summed E-state index contributed by atoms with van der Waals surface area (Å²) in [4.78, 5) is 2.31. The van der Waals surface area contributed by atoms with Gasteiger partial charge in [-0.1, -0.05) is 18.3 Å². The molecule has 2 aliphatic rings. The number of hydrogen-bond donors (Lipinski definition) is 2. The fourth-order valence-electron chi connectivity index (χ4n) is 4.78. The highest BCUT2D eigenvalue weighted by Crippen LogP contribution is 2.44. The Labute approximate surface area is 201 Å². The third-order valence-corrected chi connectivity index (χ3v) is 9.33. The van der Waals surface area contributed by atoms with E-state index in [-0.39, 0.29) is 27.9 Å². The second kappa shape index (κ2) is 8.21. The quantitative estimate of drug-likeness (QED) is 0.526. The van der Waals surface area contributed by atoms with Crippen LogP contribution in [-0.2, 0) is 10.0 Å². The normalized spacial score (nSPS) is 27.6. The van der Waals surface area contributed by atoms with Crippen molar-refractivity contribution in [2.24, 2.45) is 5.92 Å². The Hall–Kier alpha value is -2.15. The number of hydrogen-bond acceptors (Lipinski definition) is 7. The molecule has 8 nitrogen and oxygen atoms in total. The number of nitrogens with one attached hydrogen (secondary N) is 2. The second-order valence-corrected chi connectivity index (χ2v) is 12.5. The SMILES string of the molecule is CC1CC1(C)NS(=O)(=O)c1cc(N2C[C@H](C)N[C@@H](C)C2)c2ccc(-c3nnc(C(F)F)s3)n2c1. The maximum absolute atomic E-state index is 13.4. The maximum atomic E-state index is 13.4. The Bertz CT molecular complexity index is 1330. The number of aromatic nitrogens is 3. The highest BCUT2D eigenvalue weighted by atomic mass is 32.2. The van der Waals surface area contributed by atoms with Crippen molar-refractivity contribution in [3.05, 3.63) is 29.4 Å². The van der Waals surface area contributed by atoms with Gasteiger partial charge in [0.05, 0.1) is 16.9 Å². The van der Waals surface area contributed by atoms with E-state index in [4.69, 9.17) is 0 Å². The topological polar surface area (TPSA) is 91.6 Å². The monoisotopic (exact) mass is 510 g/mol. The molecule has 1 aliphatic carbocycles. The Morgan fingerprint density at radius 3 is 2.47 bits per heavy atom. The van der Waals surface area contributed by atoms with Gasteiger partial charge in [0, 0.05) is 36.9 Å². The van der Waals surface area contributed by atoms with Gasteiger partial charge in [0.1, 0.15) is 4.90 Å². The number of piperazine rings is 1. The van der Waals surface area contributed by atoms with Gasteiger partial charge in [0.15, 0.2) is 10.0 Å². The molecule has 3 aromatic heterocycles. The van der Waals surface area contributed by atoms with E-state index in [9.17, 15) is 17.2 Å². The zero-order chi connectivity index (χ0) is 24.4. The molecule has 0 aromatic carbocycles. The van der Waals surface area contributed by atoms with E-state index in [0.717, 1.165) is 29.0 Å². The van der Waals surface area contributed by atoms with Crippen LogP contribution >= 0.6 is 11.3 Å². The molecule has 0 amide bonds. The van der Waals surface area contributed by atoms with E-state index in [1.165, 1.54) is 0 Å². The molecule has 4 atom stereocenters. The first kappa shape index (κ1) is 23.6. The average Bonchev–Trinajstić information content (AvgIpc) is 3.15. The van der Waals surface area contributed by atoms with Crippen LogP contribution in [0.2, 0.25) is 0 Å². The van der Waals surface area contributed by atoms with Crippen LogP contribution < -0.4 is 14.9 Å². The van der Waals surface area contributed by atoms with Crippen molar-refractivity contribution in [2.45, 2.75) is 63.1 Å². The van der Waals surface area contributed by atoms with E-state index in [0.29, 0.717) is 23.8 Å². The summed E-state index contributed by atoms with van der Waals surface area (Å²) in [7, 11) is -3.82. The first-order valence-electron chi connectivity index (χ1n) is 11.3. The van der Waals surface area contributed by atoms with Crippen LogP contribution in [0.3, 0.4) is 0 Å². The van der Waals surface area contributed by atoms with Crippen LogP contribution in [0.25, 0.3) is 16.2 Å². The number of sulfonamides is 1. The largest absolute Gasteiger partial charge is 0.367 e. The van der Waals surface area contributed by atoms with Crippen molar-refractivity contribution in [2.75, 3.05) is 18.0 Å². The Balaban J connectivity index is 1.66. The molecular formula is C22H28F2N6O2S2. The molecule has 2 N–H and O–H groups in total. The van der Waals surface area contributed by atoms with Gasteiger partial charge in [-0.25, -0.2) is 21.9 Å². The number of halogens is 2. The molecule has 1 aliphatic heterocycles. The average molecular weight is 511 g/mol. The predicted molar refractivity (Wildman–Crippen MR) is 128 cm³/mol. The van der Waals surface area contributed by atoms with Crippen molar-refractivity contribution in [1.82, 2.24) is 24.6 Å². The van der Waals surface area contributed by atoms with Crippen molar-refractivity contribution in [1.29, 1.82) is 0 Å². The number of anilines is 1. The van der Waals surface area contributed by atoms with Crippen LogP contribution in [-0.4, -0.2) is 53.7 Å². The van der Waals surface area contributed by atoms with Crippen LogP contribution in [0.1, 0.15) is 45.5 Å².